The maximum Gasteiger partial charge on any atom is 0.228 e. The van der Waals surface area contributed by atoms with Crippen LogP contribution in [0.3, 0.4) is 0 Å². The molecule has 0 amide bonds. The van der Waals surface area contributed by atoms with Gasteiger partial charge >= 0.3 is 0 Å². The third-order valence-corrected chi connectivity index (χ3v) is 2.46. The highest BCUT2D eigenvalue weighted by molar-refractivity contribution is 5.64. The number of nitrogens with zero attached hydrogens (tertiary/aromatic N) is 4. The molecule has 0 atom stereocenters. The maximum absolute atomic E-state index is 5.18. The van der Waals surface area contributed by atoms with Crippen molar-refractivity contribution in [3.63, 3.8) is 0 Å². The van der Waals surface area contributed by atoms with Gasteiger partial charge in [0.25, 0.3) is 0 Å². The SMILES string of the molecule is COc1cc(OC)nc(-c2c(C)n[c]nc2OC)n1. The number of hydrogen-bond donors (Lipinski definition) is 0. The zero-order chi connectivity index (χ0) is 13.8. The van der Waals surface area contributed by atoms with Gasteiger partial charge in [0.1, 0.15) is 5.56 Å². The van der Waals surface area contributed by atoms with Gasteiger partial charge in [-0.25, -0.2) is 4.98 Å². The minimum absolute atomic E-state index is 0.350. The van der Waals surface area contributed by atoms with E-state index in [0.717, 1.165) is 0 Å². The first-order valence-corrected chi connectivity index (χ1v) is 5.45. The molecule has 0 aliphatic carbocycles. The number of rotatable bonds is 4. The number of hydrogen-bond acceptors (Lipinski definition) is 7. The molecule has 0 aliphatic heterocycles. The molecule has 2 aromatic heterocycles. The molecule has 7 nitrogen and oxygen atoms in total. The Labute approximate surface area is 110 Å². The van der Waals surface area contributed by atoms with Gasteiger partial charge in [0.15, 0.2) is 5.82 Å². The molecule has 99 valence electrons. The average molecular weight is 261 g/mol. The number of ether oxygens (including phenoxy) is 3. The van der Waals surface area contributed by atoms with Crippen LogP contribution >= 0.6 is 0 Å². The van der Waals surface area contributed by atoms with Crippen LogP contribution in [0, 0.1) is 13.3 Å². The van der Waals surface area contributed by atoms with Crippen molar-refractivity contribution in [2.75, 3.05) is 21.3 Å². The predicted octanol–water partition coefficient (Wildman–Crippen LogP) is 1.07. The van der Waals surface area contributed by atoms with E-state index in [9.17, 15) is 0 Å². The summed E-state index contributed by atoms with van der Waals surface area (Å²) in [7, 11) is 4.55. The highest BCUT2D eigenvalue weighted by Crippen LogP contribution is 2.29. The number of aryl methyl sites for hydroxylation is 1. The summed E-state index contributed by atoms with van der Waals surface area (Å²) >= 11 is 0. The van der Waals surface area contributed by atoms with Crippen molar-refractivity contribution in [2.24, 2.45) is 0 Å². The lowest BCUT2D eigenvalue weighted by atomic mass is 10.2. The van der Waals surface area contributed by atoms with Crippen molar-refractivity contribution in [1.82, 2.24) is 19.9 Å². The maximum atomic E-state index is 5.18. The molecule has 0 spiro atoms. The van der Waals surface area contributed by atoms with Crippen LogP contribution < -0.4 is 14.2 Å². The second-order valence-electron chi connectivity index (χ2n) is 3.57. The Bertz CT molecular complexity index is 567. The monoisotopic (exact) mass is 261 g/mol. The third-order valence-electron chi connectivity index (χ3n) is 2.46. The van der Waals surface area contributed by atoms with Crippen LogP contribution in [0.2, 0.25) is 0 Å². The Morgan fingerprint density at radius 3 is 2.11 bits per heavy atom. The summed E-state index contributed by atoms with van der Waals surface area (Å²) in [6.45, 7) is 1.80. The van der Waals surface area contributed by atoms with Crippen molar-refractivity contribution in [3.05, 3.63) is 18.1 Å². The summed E-state index contributed by atoms with van der Waals surface area (Å²) in [5.41, 5.74) is 1.24. The highest BCUT2D eigenvalue weighted by atomic mass is 16.5. The molecule has 0 N–H and O–H groups in total. The van der Waals surface area contributed by atoms with Crippen molar-refractivity contribution < 1.29 is 14.2 Å². The molecule has 7 heteroatoms. The first kappa shape index (κ1) is 13.0. The molecule has 0 saturated heterocycles. The molecule has 0 saturated carbocycles. The smallest absolute Gasteiger partial charge is 0.228 e. The fraction of sp³-hybridized carbons (Fsp3) is 0.333. The second-order valence-corrected chi connectivity index (χ2v) is 3.57. The predicted molar refractivity (Wildman–Crippen MR) is 66.3 cm³/mol. The first-order chi connectivity index (χ1) is 9.19. The van der Waals surface area contributed by atoms with Crippen LogP contribution in [0.4, 0.5) is 0 Å². The molecule has 0 unspecified atom stereocenters. The van der Waals surface area contributed by atoms with Gasteiger partial charge in [-0.15, -0.1) is 0 Å². The van der Waals surface area contributed by atoms with E-state index in [0.29, 0.717) is 34.7 Å². The van der Waals surface area contributed by atoms with Crippen LogP contribution in [-0.2, 0) is 0 Å². The van der Waals surface area contributed by atoms with Crippen molar-refractivity contribution in [1.29, 1.82) is 0 Å². The molecule has 2 rings (SSSR count). The molecule has 2 heterocycles. The van der Waals surface area contributed by atoms with E-state index in [1.165, 1.54) is 21.3 Å². The largest absolute Gasteiger partial charge is 0.481 e. The summed E-state index contributed by atoms with van der Waals surface area (Å²) in [6.07, 6.45) is 2.50. The van der Waals surface area contributed by atoms with Crippen LogP contribution in [0.1, 0.15) is 5.69 Å². The van der Waals surface area contributed by atoms with Crippen molar-refractivity contribution in [3.8, 4) is 29.0 Å². The van der Waals surface area contributed by atoms with Gasteiger partial charge < -0.3 is 14.2 Å². The standard InChI is InChI=1S/C12H13N4O3/c1-7-10(12(19-4)14-6-13-7)11-15-8(17-2)5-9(16-11)18-3/h5H,1-4H3. The molecule has 19 heavy (non-hydrogen) atoms. The number of methoxy groups -OCH3 is 3. The van der Waals surface area contributed by atoms with E-state index in [1.54, 1.807) is 13.0 Å². The van der Waals surface area contributed by atoms with E-state index in [-0.39, 0.29) is 0 Å². The fourth-order valence-corrected chi connectivity index (χ4v) is 1.54. The molecule has 0 aromatic carbocycles. The normalized spacial score (nSPS) is 10.1. The Morgan fingerprint density at radius 1 is 0.947 bits per heavy atom. The Hall–Kier alpha value is -2.44. The lowest BCUT2D eigenvalue weighted by Crippen LogP contribution is -2.02. The van der Waals surface area contributed by atoms with Gasteiger partial charge in [-0.1, -0.05) is 0 Å². The van der Waals surface area contributed by atoms with Gasteiger partial charge in [0, 0.05) is 0 Å². The minimum atomic E-state index is 0.350. The minimum Gasteiger partial charge on any atom is -0.481 e. The molecule has 2 aromatic rings. The van der Waals surface area contributed by atoms with Gasteiger partial charge in [0.2, 0.25) is 24.0 Å². The summed E-state index contributed by atoms with van der Waals surface area (Å²) in [4.78, 5) is 16.4. The molecular weight excluding hydrogens is 248 g/mol. The Balaban J connectivity index is 2.64. The average Bonchev–Trinajstić information content (AvgIpc) is 2.46. The summed E-state index contributed by atoms with van der Waals surface area (Å²) in [5, 5.41) is 0. The van der Waals surface area contributed by atoms with E-state index >= 15 is 0 Å². The van der Waals surface area contributed by atoms with Crippen LogP contribution in [0.5, 0.6) is 17.6 Å². The Morgan fingerprint density at radius 2 is 1.58 bits per heavy atom. The molecular formula is C12H13N4O3. The van der Waals surface area contributed by atoms with E-state index in [1.807, 2.05) is 0 Å². The molecule has 0 bridgehead atoms. The molecule has 0 fully saturated rings. The summed E-state index contributed by atoms with van der Waals surface area (Å²) in [6, 6.07) is 1.58. The molecule has 1 radical (unpaired) electrons. The zero-order valence-corrected chi connectivity index (χ0v) is 11.1. The van der Waals surface area contributed by atoms with Crippen molar-refractivity contribution in [2.45, 2.75) is 6.92 Å². The lowest BCUT2D eigenvalue weighted by Gasteiger charge is -2.10. The van der Waals surface area contributed by atoms with Crippen LogP contribution in [-0.4, -0.2) is 41.3 Å². The first-order valence-electron chi connectivity index (χ1n) is 5.45. The fourth-order valence-electron chi connectivity index (χ4n) is 1.54. The third kappa shape index (κ3) is 2.54. The Kier molecular flexibility index (Phi) is 3.74. The topological polar surface area (TPSA) is 79.2 Å². The number of aromatic nitrogens is 4. The molecule has 0 aliphatic rings. The van der Waals surface area contributed by atoms with Crippen LogP contribution in [0.25, 0.3) is 11.4 Å². The quantitative estimate of drug-likeness (QED) is 0.814. The van der Waals surface area contributed by atoms with Gasteiger partial charge in [0.05, 0.1) is 33.1 Å². The zero-order valence-electron chi connectivity index (χ0n) is 11.1. The lowest BCUT2D eigenvalue weighted by molar-refractivity contribution is 0.371. The highest BCUT2D eigenvalue weighted by Gasteiger charge is 2.17. The van der Waals surface area contributed by atoms with Gasteiger partial charge in [-0.2, -0.15) is 15.0 Å². The summed E-state index contributed by atoms with van der Waals surface area (Å²) < 4.78 is 15.4. The second kappa shape index (κ2) is 5.47. The van der Waals surface area contributed by atoms with Crippen LogP contribution in [0.15, 0.2) is 6.07 Å². The van der Waals surface area contributed by atoms with Crippen molar-refractivity contribution >= 4 is 0 Å². The van der Waals surface area contributed by atoms with Gasteiger partial charge in [-0.3, -0.25) is 0 Å². The van der Waals surface area contributed by atoms with Gasteiger partial charge in [-0.05, 0) is 6.92 Å². The summed E-state index contributed by atoms with van der Waals surface area (Å²) in [5.74, 6) is 1.50. The van der Waals surface area contributed by atoms with E-state index in [2.05, 4.69) is 26.3 Å². The van der Waals surface area contributed by atoms with E-state index in [4.69, 9.17) is 14.2 Å². The van der Waals surface area contributed by atoms with E-state index < -0.39 is 0 Å².